The Kier molecular flexibility index (Phi) is 4.40. The van der Waals surface area contributed by atoms with Crippen LogP contribution in [0.5, 0.6) is 5.75 Å². The van der Waals surface area contributed by atoms with Crippen molar-refractivity contribution in [2.75, 3.05) is 12.3 Å². The zero-order valence-corrected chi connectivity index (χ0v) is 9.29. The predicted molar refractivity (Wildman–Crippen MR) is 60.4 cm³/mol. The average molecular weight is 211 g/mol. The predicted octanol–water partition coefficient (Wildman–Crippen LogP) is 3.22. The molecular weight excluding hydrogens is 193 g/mol. The molecule has 0 saturated heterocycles. The Morgan fingerprint density at radius 1 is 1.40 bits per heavy atom. The van der Waals surface area contributed by atoms with Crippen molar-refractivity contribution in [1.82, 2.24) is 0 Å². The number of hydrogen-bond acceptors (Lipinski definition) is 2. The molecule has 0 heterocycles. The molecule has 0 aromatic heterocycles. The van der Waals surface area contributed by atoms with E-state index in [0.717, 1.165) is 12.8 Å². The number of nitrogens with two attached hydrogens (primary N) is 1. The smallest absolute Gasteiger partial charge is 0.128 e. The highest BCUT2D eigenvalue weighted by Crippen LogP contribution is 2.19. The summed E-state index contributed by atoms with van der Waals surface area (Å²) in [5.74, 6) is 0.642. The largest absolute Gasteiger partial charge is 0.493 e. The molecule has 0 aliphatic heterocycles. The van der Waals surface area contributed by atoms with Crippen molar-refractivity contribution in [3.8, 4) is 5.75 Å². The number of hydrogen-bond donors (Lipinski definition) is 1. The van der Waals surface area contributed by atoms with E-state index < -0.39 is 0 Å². The molecule has 0 fully saturated rings. The van der Waals surface area contributed by atoms with Gasteiger partial charge in [0.15, 0.2) is 0 Å². The maximum absolute atomic E-state index is 12.9. The first-order chi connectivity index (χ1) is 7.11. The Balaban J connectivity index is 2.50. The zero-order chi connectivity index (χ0) is 11.3. The van der Waals surface area contributed by atoms with Gasteiger partial charge >= 0.3 is 0 Å². The van der Waals surface area contributed by atoms with Gasteiger partial charge in [0, 0.05) is 17.8 Å². The Morgan fingerprint density at radius 2 is 2.13 bits per heavy atom. The van der Waals surface area contributed by atoms with Crippen molar-refractivity contribution in [3.05, 3.63) is 24.0 Å². The van der Waals surface area contributed by atoms with Crippen molar-refractivity contribution in [2.45, 2.75) is 26.7 Å². The monoisotopic (exact) mass is 211 g/mol. The number of halogens is 1. The third kappa shape index (κ3) is 4.19. The molecule has 0 spiro atoms. The van der Waals surface area contributed by atoms with Gasteiger partial charge in [-0.2, -0.15) is 0 Å². The molecule has 0 radical (unpaired) electrons. The van der Waals surface area contributed by atoms with Crippen LogP contribution in [0.25, 0.3) is 0 Å². The van der Waals surface area contributed by atoms with Crippen molar-refractivity contribution >= 4 is 5.69 Å². The Hall–Kier alpha value is -1.25. The third-order valence-corrected chi connectivity index (χ3v) is 2.21. The summed E-state index contributed by atoms with van der Waals surface area (Å²) in [7, 11) is 0. The van der Waals surface area contributed by atoms with E-state index in [1.165, 1.54) is 12.1 Å². The van der Waals surface area contributed by atoms with Crippen LogP contribution in [0.4, 0.5) is 10.1 Å². The van der Waals surface area contributed by atoms with Crippen molar-refractivity contribution in [2.24, 2.45) is 5.92 Å². The van der Waals surface area contributed by atoms with E-state index in [1.807, 2.05) is 0 Å². The molecule has 0 aliphatic carbocycles. The highest BCUT2D eigenvalue weighted by atomic mass is 19.1. The minimum atomic E-state index is -0.354. The summed E-state index contributed by atoms with van der Waals surface area (Å²) in [6.07, 6.45) is 2.25. The van der Waals surface area contributed by atoms with Crippen LogP contribution in [0.15, 0.2) is 18.2 Å². The van der Waals surface area contributed by atoms with E-state index in [1.54, 1.807) is 6.07 Å². The van der Waals surface area contributed by atoms with E-state index in [-0.39, 0.29) is 5.82 Å². The molecule has 0 amide bonds. The molecule has 1 unspecified atom stereocenters. The van der Waals surface area contributed by atoms with Crippen LogP contribution in [0.3, 0.4) is 0 Å². The second-order valence-electron chi connectivity index (χ2n) is 3.93. The maximum Gasteiger partial charge on any atom is 0.128 e. The quantitative estimate of drug-likeness (QED) is 0.759. The lowest BCUT2D eigenvalue weighted by Gasteiger charge is -2.12. The lowest BCUT2D eigenvalue weighted by atomic mass is 10.1. The Labute approximate surface area is 90.2 Å². The van der Waals surface area contributed by atoms with Gasteiger partial charge in [-0.3, -0.25) is 0 Å². The topological polar surface area (TPSA) is 35.2 Å². The van der Waals surface area contributed by atoms with Gasteiger partial charge in [0.05, 0.1) is 6.61 Å². The minimum Gasteiger partial charge on any atom is -0.493 e. The summed E-state index contributed by atoms with van der Waals surface area (Å²) in [5, 5.41) is 0. The van der Waals surface area contributed by atoms with Crippen LogP contribution in [0.1, 0.15) is 26.7 Å². The molecule has 1 rings (SSSR count). The fourth-order valence-corrected chi connectivity index (χ4v) is 1.48. The second kappa shape index (κ2) is 5.59. The van der Waals surface area contributed by atoms with Gasteiger partial charge in [-0.1, -0.05) is 20.3 Å². The molecule has 0 saturated carbocycles. The highest BCUT2D eigenvalue weighted by molar-refractivity contribution is 5.44. The van der Waals surface area contributed by atoms with Crippen molar-refractivity contribution in [1.29, 1.82) is 0 Å². The summed E-state index contributed by atoms with van der Waals surface area (Å²) in [4.78, 5) is 0. The zero-order valence-electron chi connectivity index (χ0n) is 9.29. The second-order valence-corrected chi connectivity index (χ2v) is 3.93. The standard InChI is InChI=1S/C12H18FNO/c1-3-4-9(2)8-15-12-6-10(13)5-11(14)7-12/h5-7,9H,3-4,8,14H2,1-2H3. The number of anilines is 1. The summed E-state index contributed by atoms with van der Waals surface area (Å²) in [6, 6.07) is 4.28. The van der Waals surface area contributed by atoms with E-state index >= 15 is 0 Å². The SMILES string of the molecule is CCCC(C)COc1cc(N)cc(F)c1. The average Bonchev–Trinajstić information content (AvgIpc) is 2.14. The van der Waals surface area contributed by atoms with Crippen LogP contribution in [-0.2, 0) is 0 Å². The Morgan fingerprint density at radius 3 is 2.73 bits per heavy atom. The van der Waals surface area contributed by atoms with Gasteiger partial charge in [-0.25, -0.2) is 4.39 Å². The number of nitrogen functional groups attached to an aromatic ring is 1. The molecule has 1 aromatic carbocycles. The number of rotatable bonds is 5. The van der Waals surface area contributed by atoms with Crippen LogP contribution in [0, 0.1) is 11.7 Å². The lowest BCUT2D eigenvalue weighted by molar-refractivity contribution is 0.251. The fraction of sp³-hybridized carbons (Fsp3) is 0.500. The van der Waals surface area contributed by atoms with Gasteiger partial charge in [-0.05, 0) is 18.4 Å². The van der Waals surface area contributed by atoms with E-state index in [9.17, 15) is 4.39 Å². The number of ether oxygens (including phenoxy) is 1. The summed E-state index contributed by atoms with van der Waals surface area (Å²) in [5.41, 5.74) is 5.90. The van der Waals surface area contributed by atoms with Crippen LogP contribution in [0.2, 0.25) is 0 Å². The molecule has 15 heavy (non-hydrogen) atoms. The van der Waals surface area contributed by atoms with Crippen LogP contribution >= 0.6 is 0 Å². The fourth-order valence-electron chi connectivity index (χ4n) is 1.48. The van der Waals surface area contributed by atoms with Gasteiger partial charge in [-0.15, -0.1) is 0 Å². The molecule has 0 bridgehead atoms. The lowest BCUT2D eigenvalue weighted by Crippen LogP contribution is -2.08. The van der Waals surface area contributed by atoms with Crippen LogP contribution in [-0.4, -0.2) is 6.61 Å². The molecule has 1 atom stereocenters. The molecule has 1 aromatic rings. The molecule has 2 N–H and O–H groups in total. The van der Waals surface area contributed by atoms with Gasteiger partial charge in [0.2, 0.25) is 0 Å². The molecular formula is C12H18FNO. The minimum absolute atomic E-state index is 0.354. The first kappa shape index (κ1) is 11.8. The first-order valence-electron chi connectivity index (χ1n) is 5.30. The Bertz CT molecular complexity index is 294. The first-order valence-corrected chi connectivity index (χ1v) is 5.30. The van der Waals surface area contributed by atoms with Gasteiger partial charge < -0.3 is 10.5 Å². The number of benzene rings is 1. The third-order valence-electron chi connectivity index (χ3n) is 2.21. The summed E-state index contributed by atoms with van der Waals surface area (Å²) >= 11 is 0. The van der Waals surface area contributed by atoms with E-state index in [4.69, 9.17) is 10.5 Å². The van der Waals surface area contributed by atoms with Crippen LogP contribution < -0.4 is 10.5 Å². The van der Waals surface area contributed by atoms with Crippen molar-refractivity contribution in [3.63, 3.8) is 0 Å². The normalized spacial score (nSPS) is 12.5. The van der Waals surface area contributed by atoms with Gasteiger partial charge in [0.25, 0.3) is 0 Å². The molecule has 0 aliphatic rings. The maximum atomic E-state index is 12.9. The van der Waals surface area contributed by atoms with E-state index in [0.29, 0.717) is 24.0 Å². The van der Waals surface area contributed by atoms with E-state index in [2.05, 4.69) is 13.8 Å². The van der Waals surface area contributed by atoms with Crippen molar-refractivity contribution < 1.29 is 9.13 Å². The molecule has 2 nitrogen and oxygen atoms in total. The van der Waals surface area contributed by atoms with Gasteiger partial charge in [0.1, 0.15) is 11.6 Å². The summed E-state index contributed by atoms with van der Waals surface area (Å²) in [6.45, 7) is 4.86. The molecule has 3 heteroatoms. The highest BCUT2D eigenvalue weighted by Gasteiger charge is 2.03. The molecule has 84 valence electrons. The summed E-state index contributed by atoms with van der Waals surface area (Å²) < 4.78 is 18.4.